The van der Waals surface area contributed by atoms with Gasteiger partial charge in [-0.25, -0.2) is 0 Å². The highest BCUT2D eigenvalue weighted by molar-refractivity contribution is 7.98. The van der Waals surface area contributed by atoms with E-state index < -0.39 is 30.4 Å². The summed E-state index contributed by atoms with van der Waals surface area (Å²) in [7, 11) is 0. The van der Waals surface area contributed by atoms with Crippen LogP contribution in [0.25, 0.3) is 0 Å². The van der Waals surface area contributed by atoms with E-state index in [1.54, 1.807) is 23.9 Å². The molecule has 7 nitrogen and oxygen atoms in total. The van der Waals surface area contributed by atoms with E-state index in [2.05, 4.69) is 15.7 Å². The predicted octanol–water partition coefficient (Wildman–Crippen LogP) is 3.72. The van der Waals surface area contributed by atoms with Gasteiger partial charge in [-0.05, 0) is 35.9 Å². The van der Waals surface area contributed by atoms with Crippen molar-refractivity contribution in [3.8, 4) is 0 Å². The average Bonchev–Trinajstić information content (AvgIpc) is 2.67. The number of allylic oxidation sites excluding steroid dienone is 1. The lowest BCUT2D eigenvalue weighted by Gasteiger charge is -2.33. The van der Waals surface area contributed by atoms with Crippen LogP contribution in [0, 0.1) is 4.91 Å². The van der Waals surface area contributed by atoms with Crippen molar-refractivity contribution in [2.24, 2.45) is 10.3 Å². The highest BCUT2D eigenvalue weighted by Gasteiger charge is 2.39. The van der Waals surface area contributed by atoms with Crippen LogP contribution in [0.5, 0.6) is 0 Å². The van der Waals surface area contributed by atoms with Crippen molar-refractivity contribution in [1.82, 2.24) is 5.43 Å². The Labute approximate surface area is 175 Å². The van der Waals surface area contributed by atoms with Gasteiger partial charge in [0.2, 0.25) is 12.2 Å². The number of nitroso groups, excluding NO2 is 1. The van der Waals surface area contributed by atoms with Gasteiger partial charge in [-0.3, -0.25) is 5.43 Å². The zero-order chi connectivity index (χ0) is 21.7. The van der Waals surface area contributed by atoms with Crippen molar-refractivity contribution in [2.45, 2.75) is 55.3 Å². The first-order valence-electron chi connectivity index (χ1n) is 9.32. The van der Waals surface area contributed by atoms with Crippen LogP contribution >= 0.6 is 11.8 Å². The molecular weight excluding hydrogens is 423 g/mol. The molecule has 0 radical (unpaired) electrons. The largest absolute Gasteiger partial charge is 0.450 e. The SMILES string of the molecule is CSc1ccc(CC2=C(C(F)(F)F)NN=C(OC3CC(O)CC(CN=O)O3)C2)cc1. The van der Waals surface area contributed by atoms with Crippen LogP contribution in [0.1, 0.15) is 24.8 Å². The number of benzene rings is 1. The molecule has 164 valence electrons. The molecular formula is C19H22F3N3O4S. The van der Waals surface area contributed by atoms with Crippen molar-refractivity contribution >= 4 is 17.7 Å². The van der Waals surface area contributed by atoms with Crippen molar-refractivity contribution in [1.29, 1.82) is 0 Å². The number of halogens is 3. The van der Waals surface area contributed by atoms with E-state index in [0.29, 0.717) is 0 Å². The molecule has 2 heterocycles. The first-order valence-corrected chi connectivity index (χ1v) is 10.5. The first kappa shape index (κ1) is 22.6. The molecule has 1 saturated heterocycles. The predicted molar refractivity (Wildman–Crippen MR) is 106 cm³/mol. The maximum Gasteiger partial charge on any atom is 0.432 e. The molecule has 2 N–H and O–H groups in total. The van der Waals surface area contributed by atoms with Crippen molar-refractivity contribution in [3.05, 3.63) is 46.0 Å². The minimum Gasteiger partial charge on any atom is -0.450 e. The molecule has 1 aromatic rings. The Balaban J connectivity index is 1.71. The van der Waals surface area contributed by atoms with Crippen LogP contribution in [0.15, 0.2) is 50.7 Å². The number of alkyl halides is 3. The Bertz CT molecular complexity index is 814. The van der Waals surface area contributed by atoms with Crippen LogP contribution in [0.2, 0.25) is 0 Å². The third-order valence-corrected chi connectivity index (χ3v) is 5.50. The topological polar surface area (TPSA) is 92.5 Å². The van der Waals surface area contributed by atoms with E-state index in [4.69, 9.17) is 9.47 Å². The average molecular weight is 445 g/mol. The van der Waals surface area contributed by atoms with E-state index in [0.717, 1.165) is 10.5 Å². The summed E-state index contributed by atoms with van der Waals surface area (Å²) in [6, 6.07) is 7.29. The Hall–Kier alpha value is -2.11. The molecule has 3 unspecified atom stereocenters. The maximum atomic E-state index is 13.5. The highest BCUT2D eigenvalue weighted by Crippen LogP contribution is 2.32. The third-order valence-electron chi connectivity index (χ3n) is 4.76. The second-order valence-electron chi connectivity index (χ2n) is 7.04. The number of nitrogens with zero attached hydrogens (tertiary/aromatic N) is 2. The molecule has 1 aromatic carbocycles. The zero-order valence-corrected chi connectivity index (χ0v) is 17.0. The number of hydrazone groups is 1. The lowest BCUT2D eigenvalue weighted by Crippen LogP contribution is -2.40. The molecule has 1 fully saturated rings. The fourth-order valence-corrected chi connectivity index (χ4v) is 3.76. The molecule has 2 aliphatic heterocycles. The standard InChI is InChI=1S/C19H22F3N3O4S/c1-30-15-4-2-11(3-5-15)6-12-7-16(24-25-18(12)19(20,21)22)29-17-9-13(26)8-14(28-17)10-23-27/h2-5,13-14,17,25-26H,6-10H2,1H3. The van der Waals surface area contributed by atoms with Gasteiger partial charge in [-0.15, -0.1) is 16.9 Å². The lowest BCUT2D eigenvalue weighted by molar-refractivity contribution is -0.179. The monoisotopic (exact) mass is 445 g/mol. The number of hydrogen-bond donors (Lipinski definition) is 2. The van der Waals surface area contributed by atoms with Crippen LogP contribution in [0.4, 0.5) is 13.2 Å². The molecule has 0 saturated carbocycles. The first-order chi connectivity index (χ1) is 14.3. The number of rotatable bonds is 6. The molecule has 11 heteroatoms. The van der Waals surface area contributed by atoms with E-state index in [-0.39, 0.29) is 43.7 Å². The van der Waals surface area contributed by atoms with E-state index in [1.807, 2.05) is 18.4 Å². The Morgan fingerprint density at radius 3 is 2.70 bits per heavy atom. The van der Waals surface area contributed by atoms with Crippen molar-refractivity contribution < 1.29 is 27.8 Å². The number of aliphatic hydroxyl groups excluding tert-OH is 1. The highest BCUT2D eigenvalue weighted by atomic mass is 32.2. The van der Waals surface area contributed by atoms with Crippen LogP contribution in [-0.4, -0.2) is 48.5 Å². The molecule has 3 atom stereocenters. The maximum absolute atomic E-state index is 13.5. The van der Waals surface area contributed by atoms with Crippen LogP contribution in [-0.2, 0) is 15.9 Å². The summed E-state index contributed by atoms with van der Waals surface area (Å²) in [4.78, 5) is 11.5. The number of ether oxygens (including phenoxy) is 2. The summed E-state index contributed by atoms with van der Waals surface area (Å²) in [5.41, 5.74) is 1.98. The smallest absolute Gasteiger partial charge is 0.432 e. The Morgan fingerprint density at radius 2 is 2.07 bits per heavy atom. The zero-order valence-electron chi connectivity index (χ0n) is 16.2. The summed E-state index contributed by atoms with van der Waals surface area (Å²) >= 11 is 1.55. The number of hydrogen-bond acceptors (Lipinski definition) is 8. The summed E-state index contributed by atoms with van der Waals surface area (Å²) in [5, 5.41) is 16.4. The second-order valence-corrected chi connectivity index (χ2v) is 7.92. The molecule has 30 heavy (non-hydrogen) atoms. The summed E-state index contributed by atoms with van der Waals surface area (Å²) in [5.74, 6) is 0.0237. The van der Waals surface area contributed by atoms with Gasteiger partial charge >= 0.3 is 6.18 Å². The van der Waals surface area contributed by atoms with Crippen molar-refractivity contribution in [3.63, 3.8) is 0 Å². The number of nitrogens with one attached hydrogen (secondary N) is 1. The van der Waals surface area contributed by atoms with E-state index in [9.17, 15) is 23.2 Å². The summed E-state index contributed by atoms with van der Waals surface area (Å²) in [6.45, 7) is -0.142. The Morgan fingerprint density at radius 1 is 1.33 bits per heavy atom. The molecule has 0 aromatic heterocycles. The van der Waals surface area contributed by atoms with Gasteiger partial charge in [-0.1, -0.05) is 17.3 Å². The fraction of sp³-hybridized carbons (Fsp3) is 0.526. The van der Waals surface area contributed by atoms with Crippen LogP contribution < -0.4 is 5.43 Å². The molecule has 0 bridgehead atoms. The van der Waals surface area contributed by atoms with E-state index in [1.165, 1.54) is 0 Å². The molecule has 0 amide bonds. The van der Waals surface area contributed by atoms with E-state index >= 15 is 0 Å². The normalized spacial score (nSPS) is 24.8. The molecule has 2 aliphatic rings. The van der Waals surface area contributed by atoms with Gasteiger partial charge in [-0.2, -0.15) is 18.1 Å². The number of thioether (sulfide) groups is 1. The van der Waals surface area contributed by atoms with Gasteiger partial charge in [0.1, 0.15) is 12.2 Å². The second kappa shape index (κ2) is 9.80. The minimum atomic E-state index is -4.58. The summed E-state index contributed by atoms with van der Waals surface area (Å²) in [6.07, 6.45) is -4.67. The lowest BCUT2D eigenvalue weighted by atomic mass is 9.99. The summed E-state index contributed by atoms with van der Waals surface area (Å²) < 4.78 is 51.5. The minimum absolute atomic E-state index is 0.0237. The number of aliphatic hydroxyl groups is 1. The fourth-order valence-electron chi connectivity index (χ4n) is 3.36. The van der Waals surface area contributed by atoms with Crippen LogP contribution in [0.3, 0.4) is 0 Å². The third kappa shape index (κ3) is 5.96. The quantitative estimate of drug-likeness (QED) is 0.512. The van der Waals surface area contributed by atoms with Gasteiger partial charge in [0, 0.05) is 24.2 Å². The molecule has 0 aliphatic carbocycles. The van der Waals surface area contributed by atoms with Gasteiger partial charge in [0.05, 0.1) is 12.2 Å². The van der Waals surface area contributed by atoms with Crippen molar-refractivity contribution in [2.75, 3.05) is 12.8 Å². The Kier molecular flexibility index (Phi) is 7.37. The molecule has 0 spiro atoms. The van der Waals surface area contributed by atoms with Gasteiger partial charge < -0.3 is 14.6 Å². The van der Waals surface area contributed by atoms with Gasteiger partial charge in [0.15, 0.2) is 0 Å². The molecule has 3 rings (SSSR count). The van der Waals surface area contributed by atoms with Gasteiger partial charge in [0.25, 0.3) is 0 Å².